The minimum Gasteiger partial charge on any atom is -0.256 e. The highest BCUT2D eigenvalue weighted by molar-refractivity contribution is 5.70. The molecule has 1 heterocycles. The summed E-state index contributed by atoms with van der Waals surface area (Å²) < 4.78 is 37.9. The summed E-state index contributed by atoms with van der Waals surface area (Å²) in [4.78, 5) is 4.32. The molecule has 0 spiro atoms. The number of nitrogens with zero attached hydrogens (tertiary/aromatic N) is 1. The van der Waals surface area contributed by atoms with Crippen LogP contribution in [0.1, 0.15) is 11.1 Å². The van der Waals surface area contributed by atoms with Crippen molar-refractivity contribution in [3.8, 4) is 34.7 Å². The van der Waals surface area contributed by atoms with E-state index in [1.54, 1.807) is 12.3 Å². The van der Waals surface area contributed by atoms with Gasteiger partial charge in [0.25, 0.3) is 0 Å². The Kier molecular flexibility index (Phi) is 4.09. The minimum absolute atomic E-state index is 0.662. The number of terminal acetylenes is 1. The number of alkyl halides is 3. The van der Waals surface area contributed by atoms with E-state index in [-0.39, 0.29) is 0 Å². The molecule has 0 fully saturated rings. The first-order valence-corrected chi connectivity index (χ1v) is 7.18. The lowest BCUT2D eigenvalue weighted by Crippen LogP contribution is -2.03. The number of halogens is 3. The van der Waals surface area contributed by atoms with Gasteiger partial charge in [0, 0.05) is 17.3 Å². The molecule has 0 aliphatic carbocycles. The predicted octanol–water partition coefficient (Wildman–Crippen LogP) is 5.42. The lowest BCUT2D eigenvalue weighted by atomic mass is 10.0. The lowest BCUT2D eigenvalue weighted by Gasteiger charge is -2.09. The zero-order valence-electron chi connectivity index (χ0n) is 12.5. The monoisotopic (exact) mass is 323 g/mol. The number of hydrogen-bond donors (Lipinski definition) is 0. The number of aromatic nitrogens is 1. The van der Waals surface area contributed by atoms with E-state index in [4.69, 9.17) is 6.42 Å². The Hall–Kier alpha value is -3.06. The summed E-state index contributed by atoms with van der Waals surface area (Å²) in [5.74, 6) is 2.55. The number of pyridine rings is 1. The standard InChI is InChI=1S/C20H12F3N/c1-2-14-3-5-16(6-4-14)19-13-17(11-12-24-19)15-7-9-18(10-8-15)20(21,22)23/h1,3-13H. The van der Waals surface area contributed by atoms with Crippen molar-refractivity contribution in [2.75, 3.05) is 0 Å². The molecule has 0 bridgehead atoms. The van der Waals surface area contributed by atoms with Gasteiger partial charge in [-0.1, -0.05) is 30.2 Å². The highest BCUT2D eigenvalue weighted by Crippen LogP contribution is 2.31. The van der Waals surface area contributed by atoms with E-state index in [1.807, 2.05) is 30.3 Å². The van der Waals surface area contributed by atoms with Crippen molar-refractivity contribution in [2.24, 2.45) is 0 Å². The van der Waals surface area contributed by atoms with Gasteiger partial charge in [0.2, 0.25) is 0 Å². The molecule has 0 amide bonds. The van der Waals surface area contributed by atoms with Crippen molar-refractivity contribution >= 4 is 0 Å². The Morgan fingerprint density at radius 1 is 0.792 bits per heavy atom. The Balaban J connectivity index is 1.94. The van der Waals surface area contributed by atoms with Crippen LogP contribution in [0.15, 0.2) is 66.9 Å². The van der Waals surface area contributed by atoms with E-state index in [0.29, 0.717) is 5.56 Å². The average Bonchev–Trinajstić information content (AvgIpc) is 2.61. The summed E-state index contributed by atoms with van der Waals surface area (Å²) in [5, 5.41) is 0. The van der Waals surface area contributed by atoms with Crippen LogP contribution < -0.4 is 0 Å². The van der Waals surface area contributed by atoms with Crippen molar-refractivity contribution in [1.29, 1.82) is 0 Å². The maximum atomic E-state index is 12.6. The van der Waals surface area contributed by atoms with Crippen LogP contribution in [0.4, 0.5) is 13.2 Å². The van der Waals surface area contributed by atoms with Crippen LogP contribution in [0, 0.1) is 12.3 Å². The summed E-state index contributed by atoms with van der Waals surface area (Å²) in [5.41, 5.74) is 3.24. The van der Waals surface area contributed by atoms with Gasteiger partial charge in [-0.05, 0) is 47.5 Å². The molecular formula is C20H12F3N. The Morgan fingerprint density at radius 2 is 1.42 bits per heavy atom. The average molecular weight is 323 g/mol. The molecule has 0 saturated heterocycles. The molecular weight excluding hydrogens is 311 g/mol. The van der Waals surface area contributed by atoms with Crippen molar-refractivity contribution < 1.29 is 13.2 Å². The molecule has 0 aliphatic heterocycles. The summed E-state index contributed by atoms with van der Waals surface area (Å²) in [7, 11) is 0. The minimum atomic E-state index is -4.33. The van der Waals surface area contributed by atoms with Gasteiger partial charge in [0.15, 0.2) is 0 Å². The van der Waals surface area contributed by atoms with Crippen LogP contribution in [0.2, 0.25) is 0 Å². The van der Waals surface area contributed by atoms with Gasteiger partial charge >= 0.3 is 6.18 Å². The third-order valence-electron chi connectivity index (χ3n) is 3.65. The maximum Gasteiger partial charge on any atom is 0.416 e. The molecule has 0 atom stereocenters. The van der Waals surface area contributed by atoms with E-state index in [2.05, 4.69) is 10.9 Å². The number of rotatable bonds is 2. The van der Waals surface area contributed by atoms with Gasteiger partial charge in [-0.25, -0.2) is 0 Å². The summed E-state index contributed by atoms with van der Waals surface area (Å²) in [6.07, 6.45) is 2.64. The van der Waals surface area contributed by atoms with E-state index >= 15 is 0 Å². The van der Waals surface area contributed by atoms with Gasteiger partial charge in [-0.15, -0.1) is 6.42 Å². The third kappa shape index (κ3) is 3.31. The Morgan fingerprint density at radius 3 is 2.00 bits per heavy atom. The van der Waals surface area contributed by atoms with Crippen molar-refractivity contribution in [1.82, 2.24) is 4.98 Å². The number of benzene rings is 2. The molecule has 3 rings (SSSR count). The van der Waals surface area contributed by atoms with E-state index < -0.39 is 11.7 Å². The molecule has 0 N–H and O–H groups in total. The molecule has 1 nitrogen and oxygen atoms in total. The molecule has 2 aromatic carbocycles. The first kappa shape index (κ1) is 15.8. The molecule has 1 aromatic heterocycles. The smallest absolute Gasteiger partial charge is 0.256 e. The molecule has 4 heteroatoms. The van der Waals surface area contributed by atoms with Gasteiger partial charge in [0.05, 0.1) is 11.3 Å². The van der Waals surface area contributed by atoms with Crippen LogP contribution in [0.3, 0.4) is 0 Å². The van der Waals surface area contributed by atoms with Crippen LogP contribution in [0.25, 0.3) is 22.4 Å². The summed E-state index contributed by atoms with van der Waals surface area (Å²) in [6, 6.07) is 16.1. The first-order chi connectivity index (χ1) is 11.5. The summed E-state index contributed by atoms with van der Waals surface area (Å²) >= 11 is 0. The highest BCUT2D eigenvalue weighted by atomic mass is 19.4. The van der Waals surface area contributed by atoms with Crippen LogP contribution >= 0.6 is 0 Å². The van der Waals surface area contributed by atoms with Crippen LogP contribution in [-0.2, 0) is 6.18 Å². The molecule has 118 valence electrons. The van der Waals surface area contributed by atoms with E-state index in [1.165, 1.54) is 12.1 Å². The SMILES string of the molecule is C#Cc1ccc(-c2cc(-c3ccc(C(F)(F)F)cc3)ccn2)cc1. The zero-order valence-corrected chi connectivity index (χ0v) is 12.5. The number of hydrogen-bond acceptors (Lipinski definition) is 1. The quantitative estimate of drug-likeness (QED) is 0.574. The van der Waals surface area contributed by atoms with Gasteiger partial charge in [-0.2, -0.15) is 13.2 Å². The van der Waals surface area contributed by atoms with Crippen molar-refractivity contribution in [3.05, 3.63) is 78.0 Å². The lowest BCUT2D eigenvalue weighted by molar-refractivity contribution is -0.137. The van der Waals surface area contributed by atoms with E-state index in [0.717, 1.165) is 34.5 Å². The second-order valence-corrected chi connectivity index (χ2v) is 5.23. The van der Waals surface area contributed by atoms with Gasteiger partial charge < -0.3 is 0 Å². The maximum absolute atomic E-state index is 12.6. The molecule has 0 radical (unpaired) electrons. The largest absolute Gasteiger partial charge is 0.416 e. The Labute approximate surface area is 137 Å². The molecule has 0 unspecified atom stereocenters. The second kappa shape index (κ2) is 6.21. The fraction of sp³-hybridized carbons (Fsp3) is 0.0500. The fourth-order valence-electron chi connectivity index (χ4n) is 2.36. The second-order valence-electron chi connectivity index (χ2n) is 5.23. The fourth-order valence-corrected chi connectivity index (χ4v) is 2.36. The molecule has 3 aromatic rings. The van der Waals surface area contributed by atoms with Crippen molar-refractivity contribution in [3.63, 3.8) is 0 Å². The predicted molar refractivity (Wildman–Crippen MR) is 88.0 cm³/mol. The first-order valence-electron chi connectivity index (χ1n) is 7.18. The molecule has 0 aliphatic rings. The van der Waals surface area contributed by atoms with E-state index in [9.17, 15) is 13.2 Å². The Bertz CT molecular complexity index is 886. The highest BCUT2D eigenvalue weighted by Gasteiger charge is 2.29. The van der Waals surface area contributed by atoms with Gasteiger partial charge in [-0.3, -0.25) is 4.98 Å². The summed E-state index contributed by atoms with van der Waals surface area (Å²) in [6.45, 7) is 0. The van der Waals surface area contributed by atoms with Crippen LogP contribution in [-0.4, -0.2) is 4.98 Å². The zero-order chi connectivity index (χ0) is 17.2. The third-order valence-corrected chi connectivity index (χ3v) is 3.65. The van der Waals surface area contributed by atoms with Crippen molar-refractivity contribution in [2.45, 2.75) is 6.18 Å². The molecule has 0 saturated carbocycles. The van der Waals surface area contributed by atoms with Crippen LogP contribution in [0.5, 0.6) is 0 Å². The van der Waals surface area contributed by atoms with Gasteiger partial charge in [0.1, 0.15) is 0 Å². The topological polar surface area (TPSA) is 12.9 Å². The molecule has 24 heavy (non-hydrogen) atoms. The normalized spacial score (nSPS) is 11.1.